The number of nitrogens with zero attached hydrogens (tertiary/aromatic N) is 1. The van der Waals surface area contributed by atoms with Crippen molar-refractivity contribution in [2.45, 2.75) is 103 Å². The van der Waals surface area contributed by atoms with Crippen LogP contribution in [-0.2, 0) is 30.3 Å². The monoisotopic (exact) mass is 652 g/mol. The van der Waals surface area contributed by atoms with E-state index < -0.39 is 46.6 Å². The molecule has 4 amide bonds. The summed E-state index contributed by atoms with van der Waals surface area (Å²) in [4.78, 5) is 65.6. The number of rotatable bonds is 13. The van der Waals surface area contributed by atoms with Crippen LogP contribution in [0.1, 0.15) is 73.3 Å². The summed E-state index contributed by atoms with van der Waals surface area (Å²) in [6.07, 6.45) is 0.430. The van der Waals surface area contributed by atoms with E-state index in [-0.39, 0.29) is 17.6 Å². The van der Waals surface area contributed by atoms with Crippen LogP contribution in [-0.4, -0.2) is 87.3 Å². The van der Waals surface area contributed by atoms with E-state index in [2.05, 4.69) is 16.0 Å². The number of amides is 4. The molecule has 0 bridgehead atoms. The molecule has 44 heavy (non-hydrogen) atoms. The van der Waals surface area contributed by atoms with Gasteiger partial charge in [0, 0.05) is 25.8 Å². The first-order valence-corrected chi connectivity index (χ1v) is 16.9. The second kappa shape index (κ2) is 17.5. The number of alkyl carbamates (subject to hydrolysis) is 2. The molecule has 1 aliphatic heterocycles. The lowest BCUT2D eigenvalue weighted by molar-refractivity contribution is -0.132. The van der Waals surface area contributed by atoms with Crippen molar-refractivity contribution in [2.24, 2.45) is 0 Å². The third-order valence-electron chi connectivity index (χ3n) is 6.19. The summed E-state index contributed by atoms with van der Waals surface area (Å²) in [5.41, 5.74) is -0.547. The number of carbonyl (C=O) groups is 5. The van der Waals surface area contributed by atoms with Crippen LogP contribution < -0.4 is 16.0 Å². The fourth-order valence-corrected chi connectivity index (χ4v) is 6.19. The summed E-state index contributed by atoms with van der Waals surface area (Å²) in [7, 11) is 0. The molecule has 3 N–H and O–H groups in total. The maximum Gasteiger partial charge on any atom is 0.408 e. The number of thioether (sulfide) groups is 2. The largest absolute Gasteiger partial charge is 0.444 e. The fraction of sp³-hybridized carbons (Fsp3) is 0.645. The van der Waals surface area contributed by atoms with Gasteiger partial charge in [0.15, 0.2) is 5.12 Å². The molecule has 0 radical (unpaired) electrons. The van der Waals surface area contributed by atoms with Crippen molar-refractivity contribution in [1.29, 1.82) is 0 Å². The molecule has 1 aromatic rings. The Morgan fingerprint density at radius 3 is 2.09 bits per heavy atom. The quantitative estimate of drug-likeness (QED) is 0.263. The Morgan fingerprint density at radius 1 is 0.932 bits per heavy atom. The van der Waals surface area contributed by atoms with Gasteiger partial charge in [-0.3, -0.25) is 14.4 Å². The first-order chi connectivity index (χ1) is 20.5. The van der Waals surface area contributed by atoms with Crippen molar-refractivity contribution in [1.82, 2.24) is 20.9 Å². The minimum atomic E-state index is -0.906. The van der Waals surface area contributed by atoms with E-state index in [0.717, 1.165) is 23.1 Å². The zero-order valence-electron chi connectivity index (χ0n) is 26.9. The molecular weight excluding hydrogens is 604 g/mol. The van der Waals surface area contributed by atoms with Gasteiger partial charge in [-0.15, -0.1) is 11.8 Å². The molecule has 0 saturated carbocycles. The highest BCUT2D eigenvalue weighted by molar-refractivity contribution is 8.14. The van der Waals surface area contributed by atoms with E-state index in [0.29, 0.717) is 38.1 Å². The number of carbonyl (C=O) groups excluding carboxylic acids is 5. The molecule has 1 aromatic carbocycles. The molecule has 13 heteroatoms. The van der Waals surface area contributed by atoms with Crippen molar-refractivity contribution < 1.29 is 33.4 Å². The summed E-state index contributed by atoms with van der Waals surface area (Å²) in [6.45, 7) is 12.8. The molecule has 3 unspecified atom stereocenters. The number of nitrogens with one attached hydrogen (secondary N) is 3. The second-order valence-corrected chi connectivity index (χ2v) is 15.0. The van der Waals surface area contributed by atoms with Crippen LogP contribution in [0, 0.1) is 0 Å². The van der Waals surface area contributed by atoms with E-state index in [1.54, 1.807) is 58.2 Å². The normalized spacial score (nSPS) is 15.5. The van der Waals surface area contributed by atoms with Crippen LogP contribution in [0.3, 0.4) is 0 Å². The highest BCUT2D eigenvalue weighted by Gasteiger charge is 2.33. The van der Waals surface area contributed by atoms with Gasteiger partial charge in [0.2, 0.25) is 11.8 Å². The maximum absolute atomic E-state index is 13.4. The Hall–Kier alpha value is -2.93. The van der Waals surface area contributed by atoms with Crippen LogP contribution in [0.2, 0.25) is 0 Å². The summed E-state index contributed by atoms with van der Waals surface area (Å²) >= 11 is 2.52. The molecule has 2 rings (SSSR count). The fourth-order valence-electron chi connectivity index (χ4n) is 4.36. The smallest absolute Gasteiger partial charge is 0.408 e. The third kappa shape index (κ3) is 14.7. The SMILES string of the molecule is CC(=O)SC(C(=O)NCCCCC(NC(=O)OC(C)(C)C)C(=O)N1CCSC1)C(Cc1ccccc1)NC(=O)OC(C)(C)C. The first-order valence-electron chi connectivity index (χ1n) is 14.9. The maximum atomic E-state index is 13.4. The minimum absolute atomic E-state index is 0.153. The molecule has 1 aliphatic rings. The van der Waals surface area contributed by atoms with E-state index in [1.165, 1.54) is 6.92 Å². The van der Waals surface area contributed by atoms with Crippen molar-refractivity contribution in [3.63, 3.8) is 0 Å². The molecule has 0 spiro atoms. The van der Waals surface area contributed by atoms with Crippen LogP contribution in [0.25, 0.3) is 0 Å². The molecule has 1 heterocycles. The molecule has 0 aliphatic carbocycles. The molecule has 1 fully saturated rings. The number of hydrogen-bond donors (Lipinski definition) is 3. The molecule has 1 saturated heterocycles. The van der Waals surface area contributed by atoms with Gasteiger partial charge in [-0.05, 0) is 72.8 Å². The first kappa shape index (κ1) is 37.3. The van der Waals surface area contributed by atoms with Gasteiger partial charge < -0.3 is 30.3 Å². The zero-order valence-corrected chi connectivity index (χ0v) is 28.5. The van der Waals surface area contributed by atoms with Crippen molar-refractivity contribution >= 4 is 52.6 Å². The van der Waals surface area contributed by atoms with Gasteiger partial charge in [-0.2, -0.15) is 0 Å². The molecule has 3 atom stereocenters. The summed E-state index contributed by atoms with van der Waals surface area (Å²) in [5.74, 6) is 0.887. The molecule has 246 valence electrons. The van der Waals surface area contributed by atoms with Gasteiger partial charge in [-0.1, -0.05) is 42.1 Å². The van der Waals surface area contributed by atoms with Crippen LogP contribution in [0.5, 0.6) is 0 Å². The highest BCUT2D eigenvalue weighted by Crippen LogP contribution is 2.21. The lowest BCUT2D eigenvalue weighted by atomic mass is 10.0. The van der Waals surface area contributed by atoms with Gasteiger partial charge in [-0.25, -0.2) is 9.59 Å². The van der Waals surface area contributed by atoms with Gasteiger partial charge in [0.1, 0.15) is 22.5 Å². The second-order valence-electron chi connectivity index (χ2n) is 12.6. The lowest BCUT2D eigenvalue weighted by Crippen LogP contribution is -2.51. The van der Waals surface area contributed by atoms with E-state index in [4.69, 9.17) is 9.47 Å². The topological polar surface area (TPSA) is 143 Å². The van der Waals surface area contributed by atoms with Crippen molar-refractivity contribution in [2.75, 3.05) is 24.7 Å². The third-order valence-corrected chi connectivity index (χ3v) is 8.28. The highest BCUT2D eigenvalue weighted by atomic mass is 32.2. The summed E-state index contributed by atoms with van der Waals surface area (Å²) < 4.78 is 10.8. The standard InChI is InChI=1S/C31H48N4O7S2/c1-21(36)44-25(24(19-22-13-9-8-10-14-22)34-29(40)42-31(5,6)7)26(37)32-16-12-11-15-23(27(38)35-17-18-43-20-35)33-28(39)41-30(2,3)4/h8-10,13-14,23-25H,11-12,15-20H2,1-7H3,(H,32,37)(H,33,39)(H,34,40). The number of unbranched alkanes of at least 4 members (excludes halogenated alkanes) is 1. The van der Waals surface area contributed by atoms with E-state index >= 15 is 0 Å². The van der Waals surface area contributed by atoms with Gasteiger partial charge in [0.25, 0.3) is 0 Å². The lowest BCUT2D eigenvalue weighted by Gasteiger charge is -2.28. The Labute approximate surface area is 269 Å². The number of ether oxygens (including phenoxy) is 2. The number of benzene rings is 1. The Morgan fingerprint density at radius 2 is 1.55 bits per heavy atom. The van der Waals surface area contributed by atoms with Gasteiger partial charge >= 0.3 is 12.2 Å². The van der Waals surface area contributed by atoms with Crippen LogP contribution in [0.15, 0.2) is 30.3 Å². The summed E-state index contributed by atoms with van der Waals surface area (Å²) in [6, 6.07) is 7.92. The molecule has 0 aromatic heterocycles. The minimum Gasteiger partial charge on any atom is -0.444 e. The number of hydrogen-bond acceptors (Lipinski definition) is 9. The molecule has 11 nitrogen and oxygen atoms in total. The Balaban J connectivity index is 2.04. The predicted octanol–water partition coefficient (Wildman–Crippen LogP) is 4.48. The Kier molecular flexibility index (Phi) is 14.8. The van der Waals surface area contributed by atoms with E-state index in [9.17, 15) is 24.0 Å². The van der Waals surface area contributed by atoms with Crippen LogP contribution >= 0.6 is 23.5 Å². The average molecular weight is 653 g/mol. The van der Waals surface area contributed by atoms with E-state index in [1.807, 2.05) is 30.3 Å². The zero-order chi connectivity index (χ0) is 32.9. The molecular formula is C31H48N4O7S2. The Bertz CT molecular complexity index is 1120. The van der Waals surface area contributed by atoms with Crippen molar-refractivity contribution in [3.05, 3.63) is 35.9 Å². The average Bonchev–Trinajstić information content (AvgIpc) is 3.43. The summed E-state index contributed by atoms with van der Waals surface area (Å²) in [5, 5.41) is 7.25. The predicted molar refractivity (Wildman–Crippen MR) is 174 cm³/mol. The van der Waals surface area contributed by atoms with Crippen molar-refractivity contribution in [3.8, 4) is 0 Å². The van der Waals surface area contributed by atoms with Crippen LogP contribution in [0.4, 0.5) is 9.59 Å². The van der Waals surface area contributed by atoms with Gasteiger partial charge in [0.05, 0.1) is 11.9 Å².